The van der Waals surface area contributed by atoms with Gasteiger partial charge < -0.3 is 5.32 Å². The molecule has 0 aliphatic heterocycles. The summed E-state index contributed by atoms with van der Waals surface area (Å²) in [4.78, 5) is 1.13. The molecule has 0 aliphatic carbocycles. The van der Waals surface area contributed by atoms with Crippen LogP contribution in [0.15, 0.2) is 17.0 Å². The van der Waals surface area contributed by atoms with E-state index in [1.807, 2.05) is 19.4 Å². The molecule has 0 aromatic heterocycles. The summed E-state index contributed by atoms with van der Waals surface area (Å²) in [5.74, 6) is 0. The minimum Gasteiger partial charge on any atom is -0.388 e. The number of benzene rings is 1. The van der Waals surface area contributed by atoms with Crippen molar-refractivity contribution in [3.63, 3.8) is 0 Å². The third kappa shape index (κ3) is 2.32. The van der Waals surface area contributed by atoms with Crippen molar-refractivity contribution in [1.29, 1.82) is 0 Å². The molecule has 3 heteroatoms. The Bertz CT molecular complexity index is 299. The van der Waals surface area contributed by atoms with Crippen LogP contribution >= 0.6 is 23.4 Å². The van der Waals surface area contributed by atoms with E-state index >= 15 is 0 Å². The summed E-state index contributed by atoms with van der Waals surface area (Å²) >= 11 is 7.76. The van der Waals surface area contributed by atoms with Crippen LogP contribution < -0.4 is 5.32 Å². The molecule has 0 aliphatic rings. The molecule has 1 rings (SSSR count). The molecule has 0 heterocycles. The van der Waals surface area contributed by atoms with Gasteiger partial charge in [-0.2, -0.15) is 0 Å². The maximum absolute atomic E-state index is 6.09. The fraction of sp³-hybridized carbons (Fsp3) is 0.400. The van der Waals surface area contributed by atoms with Gasteiger partial charge in [-0.3, -0.25) is 0 Å². The van der Waals surface area contributed by atoms with E-state index in [-0.39, 0.29) is 0 Å². The predicted octanol–water partition coefficient (Wildman–Crippen LogP) is 3.67. The molecule has 0 fully saturated rings. The summed E-state index contributed by atoms with van der Waals surface area (Å²) in [7, 11) is 1.94. The highest BCUT2D eigenvalue weighted by Crippen LogP contribution is 2.31. The second-order valence-electron chi connectivity index (χ2n) is 2.75. The van der Waals surface area contributed by atoms with E-state index in [4.69, 9.17) is 11.6 Å². The van der Waals surface area contributed by atoms with E-state index < -0.39 is 0 Å². The molecular weight excluding hydrogens is 202 g/mol. The molecule has 0 saturated carbocycles. The number of hydrogen-bond acceptors (Lipinski definition) is 2. The van der Waals surface area contributed by atoms with E-state index in [9.17, 15) is 0 Å². The lowest BCUT2D eigenvalue weighted by Gasteiger charge is -2.10. The van der Waals surface area contributed by atoms with Crippen LogP contribution in [0.2, 0.25) is 5.02 Å². The molecule has 1 aromatic rings. The van der Waals surface area contributed by atoms with Gasteiger partial charge in [0.25, 0.3) is 0 Å². The topological polar surface area (TPSA) is 12.0 Å². The molecule has 0 amide bonds. The summed E-state index contributed by atoms with van der Waals surface area (Å²) in [6.45, 7) is 2.13. The maximum Gasteiger partial charge on any atom is 0.0546 e. The molecule has 0 bridgehead atoms. The molecule has 1 nitrogen and oxygen atoms in total. The van der Waals surface area contributed by atoms with Crippen molar-refractivity contribution >= 4 is 29.1 Å². The van der Waals surface area contributed by atoms with Gasteiger partial charge in [0.2, 0.25) is 0 Å². The maximum atomic E-state index is 6.09. The third-order valence-corrected chi connectivity index (χ3v) is 3.23. The van der Waals surface area contributed by atoms with Crippen molar-refractivity contribution in [2.75, 3.05) is 18.6 Å². The van der Waals surface area contributed by atoms with Crippen molar-refractivity contribution in [3.05, 3.63) is 22.7 Å². The Hall–Kier alpha value is -0.340. The van der Waals surface area contributed by atoms with Gasteiger partial charge in [0.05, 0.1) is 5.02 Å². The number of thioether (sulfide) groups is 1. The van der Waals surface area contributed by atoms with Gasteiger partial charge in [-0.15, -0.1) is 11.8 Å². The Labute approximate surface area is 88.9 Å². The number of hydrogen-bond donors (Lipinski definition) is 1. The summed E-state index contributed by atoms with van der Waals surface area (Å²) in [5, 5.41) is 4.03. The molecule has 72 valence electrons. The van der Waals surface area contributed by atoms with Gasteiger partial charge in [-0.25, -0.2) is 0 Å². The highest BCUT2D eigenvalue weighted by molar-refractivity contribution is 7.98. The van der Waals surface area contributed by atoms with E-state index in [0.29, 0.717) is 0 Å². The van der Waals surface area contributed by atoms with Crippen LogP contribution in [-0.2, 0) is 6.42 Å². The first-order valence-corrected chi connectivity index (χ1v) is 5.87. The van der Waals surface area contributed by atoms with Crippen LogP contribution in [0.5, 0.6) is 0 Å². The summed E-state index contributed by atoms with van der Waals surface area (Å²) in [5.41, 5.74) is 2.45. The number of nitrogens with one attached hydrogen (secondary N) is 1. The fourth-order valence-corrected chi connectivity index (χ4v) is 2.18. The zero-order valence-corrected chi connectivity index (χ0v) is 9.72. The Kier molecular flexibility index (Phi) is 3.94. The van der Waals surface area contributed by atoms with Gasteiger partial charge in [-0.1, -0.05) is 18.5 Å². The Morgan fingerprint density at radius 1 is 1.46 bits per heavy atom. The van der Waals surface area contributed by atoms with E-state index in [1.54, 1.807) is 11.8 Å². The lowest BCUT2D eigenvalue weighted by atomic mass is 10.1. The van der Waals surface area contributed by atoms with E-state index in [1.165, 1.54) is 11.3 Å². The quantitative estimate of drug-likeness (QED) is 0.773. The molecule has 0 spiro atoms. The highest BCUT2D eigenvalue weighted by atomic mass is 35.5. The molecule has 13 heavy (non-hydrogen) atoms. The smallest absolute Gasteiger partial charge is 0.0546 e. The average molecular weight is 216 g/mol. The summed E-state index contributed by atoms with van der Waals surface area (Å²) in [6, 6.07) is 4.14. The Morgan fingerprint density at radius 3 is 2.62 bits per heavy atom. The zero-order chi connectivity index (χ0) is 9.84. The van der Waals surface area contributed by atoms with Crippen molar-refractivity contribution in [3.8, 4) is 0 Å². The zero-order valence-electron chi connectivity index (χ0n) is 8.15. The van der Waals surface area contributed by atoms with Crippen LogP contribution in [0.3, 0.4) is 0 Å². The van der Waals surface area contributed by atoms with E-state index in [0.717, 1.165) is 16.3 Å². The minimum absolute atomic E-state index is 0.850. The number of anilines is 1. The molecule has 0 saturated heterocycles. The molecular formula is C10H14ClNS. The van der Waals surface area contributed by atoms with Crippen LogP contribution in [0, 0.1) is 0 Å². The number of halogens is 1. The molecule has 0 atom stereocenters. The van der Waals surface area contributed by atoms with Gasteiger partial charge in [0.15, 0.2) is 0 Å². The Balaban J connectivity index is 3.18. The number of rotatable bonds is 3. The first-order chi connectivity index (χ1) is 6.22. The standard InChI is InChI=1S/C10H14ClNS/c1-4-7-5-8(11)10(13-3)6-9(7)12-2/h5-6,12H,4H2,1-3H3. The lowest BCUT2D eigenvalue weighted by molar-refractivity contribution is 1.13. The van der Waals surface area contributed by atoms with Gasteiger partial charge in [0, 0.05) is 17.6 Å². The first kappa shape index (κ1) is 10.7. The molecule has 0 radical (unpaired) electrons. The molecule has 0 unspecified atom stereocenters. The van der Waals surface area contributed by atoms with Crippen LogP contribution in [0.25, 0.3) is 0 Å². The third-order valence-electron chi connectivity index (χ3n) is 2.03. The SMILES string of the molecule is CCc1cc(Cl)c(SC)cc1NC. The largest absolute Gasteiger partial charge is 0.388 e. The van der Waals surface area contributed by atoms with Crippen LogP contribution in [0.1, 0.15) is 12.5 Å². The highest BCUT2D eigenvalue weighted by Gasteiger charge is 2.05. The summed E-state index contributed by atoms with van der Waals surface area (Å²) < 4.78 is 0. The van der Waals surface area contributed by atoms with Gasteiger partial charge >= 0.3 is 0 Å². The second kappa shape index (κ2) is 4.77. The summed E-state index contributed by atoms with van der Waals surface area (Å²) in [6.07, 6.45) is 3.04. The lowest BCUT2D eigenvalue weighted by Crippen LogP contribution is -1.95. The van der Waals surface area contributed by atoms with Crippen molar-refractivity contribution < 1.29 is 0 Å². The van der Waals surface area contributed by atoms with Gasteiger partial charge in [-0.05, 0) is 30.4 Å². The Morgan fingerprint density at radius 2 is 2.15 bits per heavy atom. The van der Waals surface area contributed by atoms with Crippen LogP contribution in [-0.4, -0.2) is 13.3 Å². The normalized spacial score (nSPS) is 10.2. The fourth-order valence-electron chi connectivity index (χ4n) is 1.28. The molecule has 1 N–H and O–H groups in total. The number of aryl methyl sites for hydroxylation is 1. The predicted molar refractivity (Wildman–Crippen MR) is 62.2 cm³/mol. The second-order valence-corrected chi connectivity index (χ2v) is 4.00. The van der Waals surface area contributed by atoms with Crippen LogP contribution in [0.4, 0.5) is 5.69 Å². The van der Waals surface area contributed by atoms with E-state index in [2.05, 4.69) is 18.3 Å². The monoisotopic (exact) mass is 215 g/mol. The molecule has 1 aromatic carbocycles. The van der Waals surface area contributed by atoms with Gasteiger partial charge in [0.1, 0.15) is 0 Å². The van der Waals surface area contributed by atoms with Crippen molar-refractivity contribution in [1.82, 2.24) is 0 Å². The van der Waals surface area contributed by atoms with Crippen molar-refractivity contribution in [2.45, 2.75) is 18.2 Å². The van der Waals surface area contributed by atoms with Crippen molar-refractivity contribution in [2.24, 2.45) is 0 Å². The minimum atomic E-state index is 0.850. The first-order valence-electron chi connectivity index (χ1n) is 4.27. The average Bonchev–Trinajstić information content (AvgIpc) is 2.17.